The lowest BCUT2D eigenvalue weighted by Crippen LogP contribution is -2.65. The lowest BCUT2D eigenvalue weighted by molar-refractivity contribution is -0.381. The summed E-state index contributed by atoms with van der Waals surface area (Å²) in [5.74, 6) is -3.37. The predicted octanol–water partition coefficient (Wildman–Crippen LogP) is 0.949. The molecule has 1 fully saturated rings. The highest BCUT2D eigenvalue weighted by Gasteiger charge is 2.53. The number of carboxylic acids is 1. The van der Waals surface area contributed by atoms with Crippen LogP contribution in [-0.4, -0.2) is 86.3 Å². The molecule has 37 heavy (non-hydrogen) atoms. The molecule has 2 aliphatic heterocycles. The van der Waals surface area contributed by atoms with Crippen molar-refractivity contribution in [2.45, 2.75) is 63.2 Å². The Morgan fingerprint density at radius 3 is 2.46 bits per heavy atom. The quantitative estimate of drug-likeness (QED) is 0.191. The van der Waals surface area contributed by atoms with Gasteiger partial charge in [-0.25, -0.2) is 4.79 Å². The number of allylic oxidation sites excluding steroid dienone is 2. The molecule has 0 saturated carbocycles. The molecule has 1 aromatic carbocycles. The van der Waals surface area contributed by atoms with Crippen molar-refractivity contribution in [3.8, 4) is 5.75 Å². The van der Waals surface area contributed by atoms with Crippen LogP contribution < -0.4 is 0 Å². The van der Waals surface area contributed by atoms with Crippen LogP contribution in [0.15, 0.2) is 60.1 Å². The zero-order valence-electron chi connectivity index (χ0n) is 20.7. The number of aliphatic hydroxyl groups excluding tert-OH is 4. The number of aromatic hydroxyl groups is 1. The molecule has 2 aliphatic rings. The van der Waals surface area contributed by atoms with Crippen molar-refractivity contribution in [3.63, 3.8) is 0 Å². The Kier molecular flexibility index (Phi) is 9.35. The number of aliphatic hydroxyl groups is 4. The van der Waals surface area contributed by atoms with Crippen molar-refractivity contribution < 1.29 is 54.4 Å². The number of hydrogen-bond acceptors (Lipinski definition) is 10. The molecule has 6 N–H and O–H groups in total. The second-order valence-corrected chi connectivity index (χ2v) is 9.09. The fraction of sp³-hybridized carbons (Fsp3) is 0.500. The third-order valence-electron chi connectivity index (χ3n) is 6.51. The molecule has 0 aliphatic carbocycles. The number of phenols is 1. The summed E-state index contributed by atoms with van der Waals surface area (Å²) in [7, 11) is 0. The van der Waals surface area contributed by atoms with Crippen LogP contribution in [0.1, 0.15) is 25.8 Å². The van der Waals surface area contributed by atoms with Gasteiger partial charge in [-0.05, 0) is 31.5 Å². The minimum absolute atomic E-state index is 0.0600. The molecule has 0 spiro atoms. The lowest BCUT2D eigenvalue weighted by atomic mass is 9.85. The van der Waals surface area contributed by atoms with Crippen LogP contribution in [0.4, 0.5) is 0 Å². The molecule has 7 atom stereocenters. The molecule has 0 bridgehead atoms. The molecule has 1 unspecified atom stereocenters. The molecular formula is C26H34O11. The number of rotatable bonds is 10. The smallest absolute Gasteiger partial charge is 0.335 e. The molecule has 11 nitrogen and oxygen atoms in total. The lowest BCUT2D eigenvalue weighted by Gasteiger charge is -2.48. The Hall–Kier alpha value is -2.93. The number of carbonyl (C=O) groups is 1. The summed E-state index contributed by atoms with van der Waals surface area (Å²) < 4.78 is 22.8. The van der Waals surface area contributed by atoms with Gasteiger partial charge in [-0.3, -0.25) is 0 Å². The monoisotopic (exact) mass is 522 g/mol. The van der Waals surface area contributed by atoms with Crippen LogP contribution in [0.25, 0.3) is 0 Å². The molecule has 2 heterocycles. The molecule has 11 heteroatoms. The van der Waals surface area contributed by atoms with E-state index in [1.165, 1.54) is 6.92 Å². The van der Waals surface area contributed by atoms with Crippen molar-refractivity contribution in [1.82, 2.24) is 0 Å². The average Bonchev–Trinajstić information content (AvgIpc) is 2.86. The van der Waals surface area contributed by atoms with E-state index in [1.807, 2.05) is 0 Å². The number of ether oxygens (including phenoxy) is 4. The van der Waals surface area contributed by atoms with Gasteiger partial charge in [0.2, 0.25) is 6.29 Å². The largest absolute Gasteiger partial charge is 0.508 e. The highest BCUT2D eigenvalue weighted by atomic mass is 16.8. The molecule has 204 valence electrons. The summed E-state index contributed by atoms with van der Waals surface area (Å²) >= 11 is 0. The van der Waals surface area contributed by atoms with Gasteiger partial charge in [0.05, 0.1) is 30.8 Å². The summed E-state index contributed by atoms with van der Waals surface area (Å²) in [5, 5.41) is 59.5. The van der Waals surface area contributed by atoms with Crippen molar-refractivity contribution in [2.75, 3.05) is 13.2 Å². The summed E-state index contributed by atoms with van der Waals surface area (Å²) in [5.41, 5.74) is 1.27. The second kappa shape index (κ2) is 12.1. The Morgan fingerprint density at radius 2 is 1.86 bits per heavy atom. The summed E-state index contributed by atoms with van der Waals surface area (Å²) in [6, 6.07) is 6.68. The van der Waals surface area contributed by atoms with E-state index >= 15 is 0 Å². The predicted molar refractivity (Wildman–Crippen MR) is 129 cm³/mol. The van der Waals surface area contributed by atoms with Gasteiger partial charge in [0.1, 0.15) is 30.2 Å². The average molecular weight is 523 g/mol. The van der Waals surface area contributed by atoms with E-state index in [1.54, 1.807) is 37.3 Å². The van der Waals surface area contributed by atoms with Crippen LogP contribution in [0.5, 0.6) is 5.75 Å². The van der Waals surface area contributed by atoms with E-state index < -0.39 is 55.0 Å². The van der Waals surface area contributed by atoms with E-state index in [-0.39, 0.29) is 24.4 Å². The summed E-state index contributed by atoms with van der Waals surface area (Å²) in [6.45, 7) is 6.55. The van der Waals surface area contributed by atoms with E-state index in [0.29, 0.717) is 17.8 Å². The van der Waals surface area contributed by atoms with Crippen molar-refractivity contribution >= 4 is 5.97 Å². The number of phenolic OH excluding ortho intramolecular Hbond substituents is 1. The first-order valence-corrected chi connectivity index (χ1v) is 11.8. The number of carboxylic acid groups (broad SMARTS) is 1. The summed E-state index contributed by atoms with van der Waals surface area (Å²) in [6.07, 6.45) is -4.07. The van der Waals surface area contributed by atoms with Gasteiger partial charge in [-0.2, -0.15) is 0 Å². The standard InChI is InChI=1S/C26H34O11/c1-4-17-18(11-14(2)34-10-9-15-5-7-16(28)8-6-15)19(24(32)33)13-35-25(17)37-26(3)23(31)22(30)21(29)20(12-27)36-26/h4-8,13,18,20-23,25,27-31H,2,9-12H2,1,3H3,(H,32,33)/b17-4+/t18-,20+,21+,22-,23+,25-,26?/m0/s1. The second-order valence-electron chi connectivity index (χ2n) is 9.09. The molecule has 1 saturated heterocycles. The van der Waals surface area contributed by atoms with E-state index in [4.69, 9.17) is 18.9 Å². The van der Waals surface area contributed by atoms with Crippen LogP contribution in [-0.2, 0) is 30.2 Å². The normalized spacial score (nSPS) is 32.9. The minimum atomic E-state index is -1.90. The highest BCUT2D eigenvalue weighted by molar-refractivity contribution is 5.88. The molecule has 0 aromatic heterocycles. The third-order valence-corrected chi connectivity index (χ3v) is 6.51. The maximum absolute atomic E-state index is 11.9. The molecule has 0 amide bonds. The minimum Gasteiger partial charge on any atom is -0.508 e. The van der Waals surface area contributed by atoms with Gasteiger partial charge in [-0.15, -0.1) is 0 Å². The van der Waals surface area contributed by atoms with Gasteiger partial charge in [0, 0.05) is 24.3 Å². The Balaban J connectivity index is 1.73. The zero-order chi connectivity index (χ0) is 27.3. The van der Waals surface area contributed by atoms with Gasteiger partial charge >= 0.3 is 5.97 Å². The van der Waals surface area contributed by atoms with Crippen molar-refractivity contribution in [3.05, 3.63) is 65.7 Å². The van der Waals surface area contributed by atoms with Gasteiger partial charge in [0.25, 0.3) is 0 Å². The Morgan fingerprint density at radius 1 is 1.19 bits per heavy atom. The van der Waals surface area contributed by atoms with Crippen LogP contribution in [0.2, 0.25) is 0 Å². The van der Waals surface area contributed by atoms with Crippen LogP contribution in [0, 0.1) is 5.92 Å². The number of aliphatic carboxylic acids is 1. The first-order valence-electron chi connectivity index (χ1n) is 11.8. The van der Waals surface area contributed by atoms with Crippen LogP contribution >= 0.6 is 0 Å². The SMILES string of the molecule is C=C(C[C@@H]1C(C(=O)O)=CO[C@@H](OC2(C)O[C@H](CO)[C@@H](O)[C@H](O)[C@H]2O)/C1=C/C)OCCc1ccc(O)cc1. The number of benzene rings is 1. The zero-order valence-corrected chi connectivity index (χ0v) is 20.7. The van der Waals surface area contributed by atoms with Gasteiger partial charge < -0.3 is 49.6 Å². The van der Waals surface area contributed by atoms with Crippen molar-refractivity contribution in [2.24, 2.45) is 5.92 Å². The van der Waals surface area contributed by atoms with Crippen molar-refractivity contribution in [1.29, 1.82) is 0 Å². The van der Waals surface area contributed by atoms with E-state index in [2.05, 4.69) is 6.58 Å². The Labute approximate surface area is 214 Å². The topological polar surface area (TPSA) is 175 Å². The van der Waals surface area contributed by atoms with Gasteiger partial charge in [0.15, 0.2) is 5.79 Å². The number of hydrogen-bond donors (Lipinski definition) is 6. The molecule has 1 aromatic rings. The van der Waals surface area contributed by atoms with E-state index in [0.717, 1.165) is 11.8 Å². The van der Waals surface area contributed by atoms with E-state index in [9.17, 15) is 35.4 Å². The highest BCUT2D eigenvalue weighted by Crippen LogP contribution is 2.39. The molecule has 3 rings (SSSR count). The van der Waals surface area contributed by atoms with Gasteiger partial charge in [-0.1, -0.05) is 24.8 Å². The Bertz CT molecular complexity index is 1020. The first-order chi connectivity index (χ1) is 17.5. The maximum atomic E-state index is 11.9. The molecular weight excluding hydrogens is 488 g/mol. The fourth-order valence-corrected chi connectivity index (χ4v) is 4.37. The fourth-order valence-electron chi connectivity index (χ4n) is 4.37. The first kappa shape index (κ1) is 28.6. The summed E-state index contributed by atoms with van der Waals surface area (Å²) in [4.78, 5) is 11.9. The van der Waals surface area contributed by atoms with Crippen LogP contribution in [0.3, 0.4) is 0 Å². The third kappa shape index (κ3) is 6.50. The molecule has 0 radical (unpaired) electrons. The maximum Gasteiger partial charge on any atom is 0.335 e.